The van der Waals surface area contributed by atoms with Gasteiger partial charge in [-0.15, -0.1) is 11.3 Å². The van der Waals surface area contributed by atoms with Gasteiger partial charge in [-0.1, -0.05) is 0 Å². The Morgan fingerprint density at radius 3 is 3.00 bits per heavy atom. The molecule has 0 saturated carbocycles. The van der Waals surface area contributed by atoms with Crippen LogP contribution in [0.15, 0.2) is 6.07 Å². The van der Waals surface area contributed by atoms with Gasteiger partial charge in [-0.2, -0.15) is 0 Å². The minimum atomic E-state index is 0.295. The topological polar surface area (TPSA) is 47.0 Å². The Hall–Kier alpha value is -0.910. The van der Waals surface area contributed by atoms with Crippen LogP contribution in [-0.2, 0) is 4.74 Å². The molecule has 98 valence electrons. The molecule has 0 spiro atoms. The summed E-state index contributed by atoms with van der Waals surface area (Å²) >= 11 is 7.55. The molecule has 2 heterocycles. The van der Waals surface area contributed by atoms with E-state index in [0.29, 0.717) is 5.28 Å². The van der Waals surface area contributed by atoms with Gasteiger partial charge in [0.2, 0.25) is 5.28 Å². The normalized spacial score (nSPS) is 11.1. The molecular weight excluding hydrogens is 270 g/mol. The summed E-state index contributed by atoms with van der Waals surface area (Å²) in [7, 11) is 1.72. The van der Waals surface area contributed by atoms with E-state index in [0.717, 1.165) is 42.0 Å². The van der Waals surface area contributed by atoms with E-state index in [-0.39, 0.29) is 0 Å². The number of aromatic nitrogens is 2. The van der Waals surface area contributed by atoms with Gasteiger partial charge in [0.1, 0.15) is 10.6 Å². The molecule has 2 rings (SSSR count). The van der Waals surface area contributed by atoms with Gasteiger partial charge in [-0.05, 0) is 37.4 Å². The summed E-state index contributed by atoms with van der Waals surface area (Å²) < 4.78 is 5.01. The SMILES string of the molecule is COCCCCNc1nc(Cl)nc2sc(C)cc12. The van der Waals surface area contributed by atoms with Gasteiger partial charge in [-0.3, -0.25) is 0 Å². The van der Waals surface area contributed by atoms with Crippen LogP contribution in [0.1, 0.15) is 17.7 Å². The van der Waals surface area contributed by atoms with Crippen molar-refractivity contribution in [3.05, 3.63) is 16.2 Å². The Morgan fingerprint density at radius 1 is 1.39 bits per heavy atom. The first-order valence-corrected chi connectivity index (χ1v) is 7.06. The van der Waals surface area contributed by atoms with Gasteiger partial charge in [0.05, 0.1) is 5.39 Å². The standard InChI is InChI=1S/C12H16ClN3OS/c1-8-7-9-10(14-5-3-4-6-17-2)15-12(13)16-11(9)18-8/h7H,3-6H2,1-2H3,(H,14,15,16). The molecule has 0 aliphatic rings. The molecule has 0 bridgehead atoms. The monoisotopic (exact) mass is 285 g/mol. The number of halogens is 1. The fourth-order valence-corrected chi connectivity index (χ4v) is 2.83. The molecule has 6 heteroatoms. The number of hydrogen-bond acceptors (Lipinski definition) is 5. The van der Waals surface area contributed by atoms with Crippen molar-refractivity contribution in [1.82, 2.24) is 9.97 Å². The Kier molecular flexibility index (Phi) is 4.74. The second-order valence-electron chi connectivity index (χ2n) is 4.04. The Labute approximate surface area is 115 Å². The third-order valence-electron chi connectivity index (χ3n) is 2.56. The third kappa shape index (κ3) is 3.31. The van der Waals surface area contributed by atoms with Crippen molar-refractivity contribution < 1.29 is 4.74 Å². The Balaban J connectivity index is 2.07. The fraction of sp³-hybridized carbons (Fsp3) is 0.500. The molecule has 0 saturated heterocycles. The quantitative estimate of drug-likeness (QED) is 0.652. The summed E-state index contributed by atoms with van der Waals surface area (Å²) in [5, 5.41) is 4.66. The summed E-state index contributed by atoms with van der Waals surface area (Å²) in [6.07, 6.45) is 2.08. The zero-order chi connectivity index (χ0) is 13.0. The van der Waals surface area contributed by atoms with E-state index in [1.807, 2.05) is 0 Å². The molecular formula is C12H16ClN3OS. The third-order valence-corrected chi connectivity index (χ3v) is 3.67. The number of aryl methyl sites for hydroxylation is 1. The van der Waals surface area contributed by atoms with Crippen LogP contribution >= 0.6 is 22.9 Å². The number of thiophene rings is 1. The van der Waals surface area contributed by atoms with Gasteiger partial charge < -0.3 is 10.1 Å². The van der Waals surface area contributed by atoms with Crippen molar-refractivity contribution in [3.8, 4) is 0 Å². The second-order valence-corrected chi connectivity index (χ2v) is 5.62. The zero-order valence-corrected chi connectivity index (χ0v) is 12.1. The average Bonchev–Trinajstić information content (AvgIpc) is 2.69. The number of ether oxygens (including phenoxy) is 1. The van der Waals surface area contributed by atoms with Gasteiger partial charge in [-0.25, -0.2) is 9.97 Å². The van der Waals surface area contributed by atoms with Crippen LogP contribution in [0.25, 0.3) is 10.2 Å². The first-order chi connectivity index (χ1) is 8.70. The Morgan fingerprint density at radius 2 is 2.22 bits per heavy atom. The van der Waals surface area contributed by atoms with E-state index in [1.165, 1.54) is 4.88 Å². The lowest BCUT2D eigenvalue weighted by molar-refractivity contribution is 0.194. The van der Waals surface area contributed by atoms with E-state index in [2.05, 4.69) is 28.3 Å². The second kappa shape index (κ2) is 6.31. The summed E-state index contributed by atoms with van der Waals surface area (Å²) in [6.45, 7) is 3.71. The number of rotatable bonds is 6. The van der Waals surface area contributed by atoms with Gasteiger partial charge in [0, 0.05) is 25.1 Å². The molecule has 0 atom stereocenters. The highest BCUT2D eigenvalue weighted by atomic mass is 35.5. The average molecular weight is 286 g/mol. The van der Waals surface area contributed by atoms with Crippen molar-refractivity contribution in [1.29, 1.82) is 0 Å². The lowest BCUT2D eigenvalue weighted by Crippen LogP contribution is -2.05. The van der Waals surface area contributed by atoms with Crippen LogP contribution in [0.3, 0.4) is 0 Å². The van der Waals surface area contributed by atoms with Crippen LogP contribution < -0.4 is 5.32 Å². The highest BCUT2D eigenvalue weighted by Gasteiger charge is 2.08. The summed E-state index contributed by atoms with van der Waals surface area (Å²) in [5.74, 6) is 0.826. The highest BCUT2D eigenvalue weighted by molar-refractivity contribution is 7.18. The summed E-state index contributed by atoms with van der Waals surface area (Å²) in [5.41, 5.74) is 0. The van der Waals surface area contributed by atoms with Gasteiger partial charge in [0.15, 0.2) is 0 Å². The van der Waals surface area contributed by atoms with Crippen molar-refractivity contribution in [2.75, 3.05) is 25.6 Å². The molecule has 0 aliphatic carbocycles. The molecule has 0 aromatic carbocycles. The molecule has 0 unspecified atom stereocenters. The van der Waals surface area contributed by atoms with Crippen LogP contribution in [0.4, 0.5) is 5.82 Å². The van der Waals surface area contributed by atoms with Gasteiger partial charge >= 0.3 is 0 Å². The van der Waals surface area contributed by atoms with Crippen LogP contribution in [-0.4, -0.2) is 30.2 Å². The molecule has 0 fully saturated rings. The predicted molar refractivity (Wildman–Crippen MR) is 76.8 cm³/mol. The summed E-state index contributed by atoms with van der Waals surface area (Å²) in [4.78, 5) is 10.6. The number of nitrogens with zero attached hydrogens (tertiary/aromatic N) is 2. The van der Waals surface area contributed by atoms with E-state index < -0.39 is 0 Å². The number of nitrogens with one attached hydrogen (secondary N) is 1. The number of methoxy groups -OCH3 is 1. The maximum absolute atomic E-state index is 5.92. The molecule has 0 aliphatic heterocycles. The van der Waals surface area contributed by atoms with Crippen LogP contribution in [0.5, 0.6) is 0 Å². The molecule has 4 nitrogen and oxygen atoms in total. The van der Waals surface area contributed by atoms with Crippen molar-refractivity contribution in [3.63, 3.8) is 0 Å². The van der Waals surface area contributed by atoms with E-state index >= 15 is 0 Å². The number of fused-ring (bicyclic) bond motifs is 1. The number of unbranched alkanes of at least 4 members (excludes halogenated alkanes) is 1. The zero-order valence-electron chi connectivity index (χ0n) is 10.5. The van der Waals surface area contributed by atoms with E-state index in [1.54, 1.807) is 18.4 Å². The summed E-state index contributed by atoms with van der Waals surface area (Å²) in [6, 6.07) is 2.09. The van der Waals surface area contributed by atoms with Crippen LogP contribution in [0, 0.1) is 6.92 Å². The first-order valence-electron chi connectivity index (χ1n) is 5.87. The maximum Gasteiger partial charge on any atom is 0.225 e. The molecule has 0 amide bonds. The van der Waals surface area contributed by atoms with Crippen LogP contribution in [0.2, 0.25) is 5.28 Å². The molecule has 1 N–H and O–H groups in total. The lowest BCUT2D eigenvalue weighted by Gasteiger charge is -2.06. The number of anilines is 1. The van der Waals surface area contributed by atoms with Crippen molar-refractivity contribution in [2.45, 2.75) is 19.8 Å². The fourth-order valence-electron chi connectivity index (χ4n) is 1.73. The largest absolute Gasteiger partial charge is 0.385 e. The van der Waals surface area contributed by atoms with E-state index in [9.17, 15) is 0 Å². The number of hydrogen-bond donors (Lipinski definition) is 1. The highest BCUT2D eigenvalue weighted by Crippen LogP contribution is 2.29. The van der Waals surface area contributed by atoms with Gasteiger partial charge in [0.25, 0.3) is 0 Å². The van der Waals surface area contributed by atoms with E-state index in [4.69, 9.17) is 16.3 Å². The molecule has 18 heavy (non-hydrogen) atoms. The Bertz CT molecular complexity index is 529. The lowest BCUT2D eigenvalue weighted by atomic mass is 10.3. The first kappa shape index (κ1) is 13.5. The molecule has 2 aromatic rings. The van der Waals surface area contributed by atoms with Crippen molar-refractivity contribution >= 4 is 39.0 Å². The smallest absolute Gasteiger partial charge is 0.225 e. The maximum atomic E-state index is 5.92. The minimum Gasteiger partial charge on any atom is -0.385 e. The molecule has 0 radical (unpaired) electrons. The predicted octanol–water partition coefficient (Wildman–Crippen LogP) is 3.49. The minimum absolute atomic E-state index is 0.295. The molecule has 2 aromatic heterocycles. The van der Waals surface area contributed by atoms with Crippen molar-refractivity contribution in [2.24, 2.45) is 0 Å².